The van der Waals surface area contributed by atoms with Crippen molar-refractivity contribution < 1.29 is 18.0 Å². The zero-order chi connectivity index (χ0) is 22.4. The van der Waals surface area contributed by atoms with Crippen molar-refractivity contribution in [3.63, 3.8) is 0 Å². The number of carbonyl (C=O) groups excluding carboxylic acids is 1. The number of nitrogens with zero attached hydrogens (tertiary/aromatic N) is 4. The van der Waals surface area contributed by atoms with Gasteiger partial charge in [-0.1, -0.05) is 6.07 Å². The van der Waals surface area contributed by atoms with Gasteiger partial charge in [0, 0.05) is 30.9 Å². The molecule has 0 radical (unpaired) electrons. The van der Waals surface area contributed by atoms with Gasteiger partial charge in [0.15, 0.2) is 17.5 Å². The first-order chi connectivity index (χ1) is 15.4. The van der Waals surface area contributed by atoms with E-state index in [1.807, 2.05) is 24.3 Å². The quantitative estimate of drug-likeness (QED) is 0.417. The van der Waals surface area contributed by atoms with Gasteiger partial charge in [0.2, 0.25) is 0 Å². The Bertz CT molecular complexity index is 1310. The van der Waals surface area contributed by atoms with Crippen LogP contribution in [0.2, 0.25) is 0 Å². The van der Waals surface area contributed by atoms with Crippen molar-refractivity contribution in [3.8, 4) is 21.8 Å². The molecule has 4 aromatic rings. The predicted molar refractivity (Wildman–Crippen MR) is 115 cm³/mol. The number of thiophene rings is 1. The molecule has 1 aromatic carbocycles. The zero-order valence-corrected chi connectivity index (χ0v) is 17.8. The summed E-state index contributed by atoms with van der Waals surface area (Å²) in [6, 6.07) is 11.2. The Hall–Kier alpha value is -3.46. The van der Waals surface area contributed by atoms with E-state index < -0.39 is 17.5 Å². The van der Waals surface area contributed by atoms with Crippen LogP contribution in [0.15, 0.2) is 48.7 Å². The van der Waals surface area contributed by atoms with Crippen LogP contribution in [0.1, 0.15) is 20.9 Å². The lowest BCUT2D eigenvalue weighted by Crippen LogP contribution is -2.35. The molecule has 0 saturated heterocycles. The molecule has 9 heteroatoms. The Kier molecular flexibility index (Phi) is 5.05. The Labute approximate surface area is 185 Å². The molecular weight excluding hydrogens is 437 g/mol. The summed E-state index contributed by atoms with van der Waals surface area (Å²) < 4.78 is 42.5. The van der Waals surface area contributed by atoms with E-state index in [0.29, 0.717) is 29.2 Å². The van der Waals surface area contributed by atoms with Gasteiger partial charge < -0.3 is 4.90 Å². The average molecular weight is 454 g/mol. The van der Waals surface area contributed by atoms with Crippen LogP contribution in [0.4, 0.5) is 13.2 Å². The second-order valence-electron chi connectivity index (χ2n) is 7.51. The molecule has 0 bridgehead atoms. The first-order valence-electron chi connectivity index (χ1n) is 9.92. The average Bonchev–Trinajstić information content (AvgIpc) is 3.41. The van der Waals surface area contributed by atoms with Crippen molar-refractivity contribution >= 4 is 17.2 Å². The third kappa shape index (κ3) is 3.48. The summed E-state index contributed by atoms with van der Waals surface area (Å²) in [6.45, 7) is 0.721. The third-order valence-corrected chi connectivity index (χ3v) is 6.58. The highest BCUT2D eigenvalue weighted by atomic mass is 32.1. The molecule has 1 amide bonds. The number of benzene rings is 1. The van der Waals surface area contributed by atoms with E-state index >= 15 is 0 Å². The van der Waals surface area contributed by atoms with Crippen LogP contribution in [0.25, 0.3) is 21.8 Å². The van der Waals surface area contributed by atoms with Crippen LogP contribution in [0.5, 0.6) is 0 Å². The number of halogens is 3. The maximum absolute atomic E-state index is 13.8. The number of aryl methyl sites for hydroxylation is 1. The largest absolute Gasteiger partial charge is 0.332 e. The van der Waals surface area contributed by atoms with Gasteiger partial charge in [0.25, 0.3) is 5.91 Å². The lowest BCUT2D eigenvalue weighted by Gasteiger charge is -2.26. The van der Waals surface area contributed by atoms with Gasteiger partial charge in [-0.05, 0) is 42.8 Å². The molecule has 0 spiro atoms. The van der Waals surface area contributed by atoms with Gasteiger partial charge in [-0.15, -0.1) is 11.3 Å². The Balaban J connectivity index is 1.41. The minimum absolute atomic E-state index is 0.103. The summed E-state index contributed by atoms with van der Waals surface area (Å²) in [7, 11) is 1.66. The topological polar surface area (TPSA) is 51.0 Å². The summed E-state index contributed by atoms with van der Waals surface area (Å²) in [5.74, 6) is -4.09. The van der Waals surface area contributed by atoms with Crippen molar-refractivity contribution in [3.05, 3.63) is 82.2 Å². The van der Waals surface area contributed by atoms with E-state index in [9.17, 15) is 18.0 Å². The molecule has 0 aliphatic carbocycles. The minimum atomic E-state index is -1.50. The fourth-order valence-electron chi connectivity index (χ4n) is 4.00. The summed E-state index contributed by atoms with van der Waals surface area (Å²) in [4.78, 5) is 20.6. The van der Waals surface area contributed by atoms with Gasteiger partial charge in [0.1, 0.15) is 0 Å². The van der Waals surface area contributed by atoms with E-state index in [0.717, 1.165) is 28.3 Å². The molecule has 1 aliphatic heterocycles. The molecule has 4 heterocycles. The number of rotatable bonds is 3. The number of pyridine rings is 1. The molecule has 0 saturated carbocycles. The first kappa shape index (κ1) is 20.4. The van der Waals surface area contributed by atoms with Crippen molar-refractivity contribution in [1.82, 2.24) is 19.7 Å². The molecule has 0 fully saturated rings. The Morgan fingerprint density at radius 3 is 2.59 bits per heavy atom. The molecule has 3 aromatic heterocycles. The van der Waals surface area contributed by atoms with Crippen molar-refractivity contribution in [1.29, 1.82) is 0 Å². The molecular formula is C23H17F3N4OS. The van der Waals surface area contributed by atoms with Crippen molar-refractivity contribution in [2.24, 2.45) is 7.05 Å². The normalized spacial score (nSPS) is 13.3. The van der Waals surface area contributed by atoms with Crippen LogP contribution < -0.4 is 0 Å². The van der Waals surface area contributed by atoms with Crippen LogP contribution in [-0.4, -0.2) is 32.1 Å². The molecule has 0 N–H and O–H groups in total. The van der Waals surface area contributed by atoms with Gasteiger partial charge in [0.05, 0.1) is 33.4 Å². The second kappa shape index (κ2) is 7.90. The number of fused-ring (bicyclic) bond motifs is 1. The van der Waals surface area contributed by atoms with Gasteiger partial charge in [-0.25, -0.2) is 13.2 Å². The fourth-order valence-corrected chi connectivity index (χ4v) is 4.95. The SMILES string of the molecule is Cn1nc2c(c1-c1cc(F)c(F)c(F)c1)CCN(C(=O)c1ccc(-c3ccccn3)s1)C2. The molecule has 1 aliphatic rings. The fraction of sp³-hybridized carbons (Fsp3) is 0.174. The molecule has 0 unspecified atom stereocenters. The maximum Gasteiger partial charge on any atom is 0.264 e. The maximum atomic E-state index is 13.8. The lowest BCUT2D eigenvalue weighted by atomic mass is 9.99. The van der Waals surface area contributed by atoms with Crippen LogP contribution in [0.3, 0.4) is 0 Å². The monoisotopic (exact) mass is 454 g/mol. The molecule has 5 rings (SSSR count). The summed E-state index contributed by atoms with van der Waals surface area (Å²) in [5.41, 5.74) is 3.02. The Morgan fingerprint density at radius 2 is 1.88 bits per heavy atom. The number of carbonyl (C=O) groups is 1. The van der Waals surface area contributed by atoms with E-state index in [1.165, 1.54) is 16.0 Å². The first-order valence-corrected chi connectivity index (χ1v) is 10.7. The summed E-state index contributed by atoms with van der Waals surface area (Å²) >= 11 is 1.38. The van der Waals surface area contributed by atoms with E-state index in [2.05, 4.69) is 10.1 Å². The molecule has 5 nitrogen and oxygen atoms in total. The molecule has 162 valence electrons. The standard InChI is InChI=1S/C23H17F3N4OS/c1-29-22(13-10-15(24)21(26)16(25)11-13)14-7-9-30(12-18(14)28-29)23(31)20-6-5-19(32-20)17-4-2-3-8-27-17/h2-6,8,10-11H,7,9,12H2,1H3. The lowest BCUT2D eigenvalue weighted by molar-refractivity contribution is 0.0737. The number of hydrogen-bond acceptors (Lipinski definition) is 4. The zero-order valence-electron chi connectivity index (χ0n) is 17.0. The van der Waals surface area contributed by atoms with Gasteiger partial charge in [-0.2, -0.15) is 5.10 Å². The minimum Gasteiger partial charge on any atom is -0.332 e. The molecule has 0 atom stereocenters. The van der Waals surface area contributed by atoms with Crippen molar-refractivity contribution in [2.45, 2.75) is 13.0 Å². The van der Waals surface area contributed by atoms with Crippen LogP contribution in [0, 0.1) is 17.5 Å². The predicted octanol–water partition coefficient (Wildman–Crippen LogP) is 4.83. The number of hydrogen-bond donors (Lipinski definition) is 0. The Morgan fingerprint density at radius 1 is 1.09 bits per heavy atom. The third-order valence-electron chi connectivity index (χ3n) is 5.48. The van der Waals surface area contributed by atoms with E-state index in [-0.39, 0.29) is 18.0 Å². The van der Waals surface area contributed by atoms with Crippen LogP contribution in [-0.2, 0) is 20.0 Å². The van der Waals surface area contributed by atoms with Crippen LogP contribution >= 0.6 is 11.3 Å². The van der Waals surface area contributed by atoms with Gasteiger partial charge >= 0.3 is 0 Å². The highest BCUT2D eigenvalue weighted by molar-refractivity contribution is 7.17. The second-order valence-corrected chi connectivity index (χ2v) is 8.59. The van der Waals surface area contributed by atoms with Gasteiger partial charge in [-0.3, -0.25) is 14.5 Å². The highest BCUT2D eigenvalue weighted by Gasteiger charge is 2.29. The highest BCUT2D eigenvalue weighted by Crippen LogP contribution is 2.33. The van der Waals surface area contributed by atoms with E-state index in [4.69, 9.17) is 0 Å². The van der Waals surface area contributed by atoms with Crippen molar-refractivity contribution in [2.75, 3.05) is 6.54 Å². The van der Waals surface area contributed by atoms with E-state index in [1.54, 1.807) is 24.2 Å². The summed E-state index contributed by atoms with van der Waals surface area (Å²) in [6.07, 6.45) is 2.18. The smallest absolute Gasteiger partial charge is 0.264 e. The number of aromatic nitrogens is 3. The number of amides is 1. The molecule has 32 heavy (non-hydrogen) atoms. The summed E-state index contributed by atoms with van der Waals surface area (Å²) in [5, 5.41) is 4.47.